The first-order chi connectivity index (χ1) is 9.78. The highest BCUT2D eigenvalue weighted by atomic mass is 16.1. The van der Waals surface area contributed by atoms with Gasteiger partial charge in [0.2, 0.25) is 5.91 Å². The molecular formula is C18H19NO. The van der Waals surface area contributed by atoms with Crippen LogP contribution in [0, 0.1) is 0 Å². The highest BCUT2D eigenvalue weighted by molar-refractivity contribution is 5.79. The first kappa shape index (κ1) is 12.9. The minimum absolute atomic E-state index is 0.162. The number of benzene rings is 2. The van der Waals surface area contributed by atoms with E-state index in [4.69, 9.17) is 0 Å². The van der Waals surface area contributed by atoms with Crippen molar-refractivity contribution in [3.05, 3.63) is 59.7 Å². The van der Waals surface area contributed by atoms with Crippen LogP contribution >= 0.6 is 0 Å². The molecule has 1 unspecified atom stereocenters. The van der Waals surface area contributed by atoms with Crippen molar-refractivity contribution in [1.29, 1.82) is 0 Å². The van der Waals surface area contributed by atoms with Crippen LogP contribution in [0.2, 0.25) is 0 Å². The van der Waals surface area contributed by atoms with Gasteiger partial charge in [0.05, 0.1) is 0 Å². The summed E-state index contributed by atoms with van der Waals surface area (Å²) in [5, 5.41) is 2.89. The standard InChI is InChI=1S/C18H19NO/c1-2-13-5-3-4-6-17(13)15-9-7-14(8-10-15)16-11-18(20)19-12-16/h3-10,16H,2,11-12H2,1H3,(H,19,20). The molecule has 1 aliphatic heterocycles. The Morgan fingerprint density at radius 2 is 1.85 bits per heavy atom. The van der Waals surface area contributed by atoms with Crippen LogP contribution in [0.25, 0.3) is 11.1 Å². The zero-order valence-electron chi connectivity index (χ0n) is 11.7. The van der Waals surface area contributed by atoms with Crippen LogP contribution in [0.3, 0.4) is 0 Å². The minimum atomic E-state index is 0.162. The van der Waals surface area contributed by atoms with Crippen molar-refractivity contribution in [2.45, 2.75) is 25.7 Å². The summed E-state index contributed by atoms with van der Waals surface area (Å²) in [5.74, 6) is 0.494. The highest BCUT2D eigenvalue weighted by Crippen LogP contribution is 2.28. The fourth-order valence-electron chi connectivity index (χ4n) is 2.89. The number of nitrogens with one attached hydrogen (secondary N) is 1. The van der Waals surface area contributed by atoms with Gasteiger partial charge in [-0.05, 0) is 28.7 Å². The maximum atomic E-state index is 11.3. The third kappa shape index (κ3) is 2.46. The van der Waals surface area contributed by atoms with Crippen LogP contribution < -0.4 is 5.32 Å². The van der Waals surface area contributed by atoms with Crippen molar-refractivity contribution >= 4 is 5.91 Å². The van der Waals surface area contributed by atoms with E-state index in [2.05, 4.69) is 60.8 Å². The van der Waals surface area contributed by atoms with Crippen LogP contribution in [0.4, 0.5) is 0 Å². The molecule has 1 amide bonds. The van der Waals surface area contributed by atoms with Crippen molar-refractivity contribution in [2.75, 3.05) is 6.54 Å². The third-order valence-corrected chi connectivity index (χ3v) is 4.07. The normalized spacial score (nSPS) is 18.1. The van der Waals surface area contributed by atoms with Gasteiger partial charge >= 0.3 is 0 Å². The van der Waals surface area contributed by atoms with Gasteiger partial charge < -0.3 is 5.32 Å². The Labute approximate surface area is 119 Å². The lowest BCUT2D eigenvalue weighted by Gasteiger charge is -2.11. The zero-order valence-corrected chi connectivity index (χ0v) is 11.7. The van der Waals surface area contributed by atoms with Gasteiger partial charge in [0.15, 0.2) is 0 Å². The molecule has 0 spiro atoms. The largest absolute Gasteiger partial charge is 0.355 e. The quantitative estimate of drug-likeness (QED) is 0.904. The van der Waals surface area contributed by atoms with Crippen molar-refractivity contribution < 1.29 is 4.79 Å². The Bertz CT molecular complexity index is 616. The molecule has 102 valence electrons. The van der Waals surface area contributed by atoms with E-state index in [1.807, 2.05) is 0 Å². The average Bonchev–Trinajstić information content (AvgIpc) is 2.94. The summed E-state index contributed by atoms with van der Waals surface area (Å²) in [5.41, 5.74) is 5.18. The Hall–Kier alpha value is -2.09. The molecular weight excluding hydrogens is 246 g/mol. The summed E-state index contributed by atoms with van der Waals surface area (Å²) in [6, 6.07) is 17.2. The van der Waals surface area contributed by atoms with E-state index in [0.29, 0.717) is 12.3 Å². The molecule has 20 heavy (non-hydrogen) atoms. The number of aryl methyl sites for hydroxylation is 1. The molecule has 0 aliphatic carbocycles. The predicted molar refractivity (Wildman–Crippen MR) is 81.6 cm³/mol. The molecule has 2 aromatic carbocycles. The first-order valence-corrected chi connectivity index (χ1v) is 7.23. The number of amides is 1. The summed E-state index contributed by atoms with van der Waals surface area (Å²) in [7, 11) is 0. The van der Waals surface area contributed by atoms with Gasteiger partial charge in [0, 0.05) is 18.9 Å². The summed E-state index contributed by atoms with van der Waals surface area (Å²) < 4.78 is 0. The molecule has 1 aliphatic rings. The van der Waals surface area contributed by atoms with Crippen LogP contribution in [-0.4, -0.2) is 12.5 Å². The fraction of sp³-hybridized carbons (Fsp3) is 0.278. The number of rotatable bonds is 3. The zero-order chi connectivity index (χ0) is 13.9. The van der Waals surface area contributed by atoms with Gasteiger partial charge in [-0.3, -0.25) is 4.79 Å². The molecule has 1 saturated heterocycles. The summed E-state index contributed by atoms with van der Waals surface area (Å²) in [4.78, 5) is 11.3. The lowest BCUT2D eigenvalue weighted by Crippen LogP contribution is -2.13. The highest BCUT2D eigenvalue weighted by Gasteiger charge is 2.22. The maximum absolute atomic E-state index is 11.3. The molecule has 1 heterocycles. The maximum Gasteiger partial charge on any atom is 0.220 e. The molecule has 0 aromatic heterocycles. The van der Waals surface area contributed by atoms with Crippen LogP contribution in [0.5, 0.6) is 0 Å². The molecule has 0 saturated carbocycles. The molecule has 0 bridgehead atoms. The van der Waals surface area contributed by atoms with E-state index in [0.717, 1.165) is 13.0 Å². The summed E-state index contributed by atoms with van der Waals surface area (Å²) in [6.45, 7) is 2.95. The van der Waals surface area contributed by atoms with Crippen molar-refractivity contribution in [1.82, 2.24) is 5.32 Å². The molecule has 1 N–H and O–H groups in total. The molecule has 1 fully saturated rings. The Morgan fingerprint density at radius 1 is 1.10 bits per heavy atom. The van der Waals surface area contributed by atoms with Crippen LogP contribution in [0.1, 0.15) is 30.4 Å². The lowest BCUT2D eigenvalue weighted by molar-refractivity contribution is -0.119. The second-order valence-corrected chi connectivity index (χ2v) is 5.34. The van der Waals surface area contributed by atoms with E-state index in [1.165, 1.54) is 22.3 Å². The first-order valence-electron chi connectivity index (χ1n) is 7.23. The van der Waals surface area contributed by atoms with E-state index in [1.54, 1.807) is 0 Å². The number of carbonyl (C=O) groups is 1. The topological polar surface area (TPSA) is 29.1 Å². The molecule has 3 rings (SSSR count). The molecule has 0 radical (unpaired) electrons. The fourth-order valence-corrected chi connectivity index (χ4v) is 2.89. The van der Waals surface area contributed by atoms with E-state index in [-0.39, 0.29) is 5.91 Å². The number of carbonyl (C=O) groups excluding carboxylic acids is 1. The third-order valence-electron chi connectivity index (χ3n) is 4.07. The van der Waals surface area contributed by atoms with Gasteiger partial charge in [-0.1, -0.05) is 55.5 Å². The van der Waals surface area contributed by atoms with Gasteiger partial charge in [-0.2, -0.15) is 0 Å². The van der Waals surface area contributed by atoms with E-state index < -0.39 is 0 Å². The Balaban J connectivity index is 1.87. The van der Waals surface area contributed by atoms with E-state index in [9.17, 15) is 4.79 Å². The molecule has 1 atom stereocenters. The number of hydrogen-bond donors (Lipinski definition) is 1. The van der Waals surface area contributed by atoms with Crippen molar-refractivity contribution in [3.8, 4) is 11.1 Å². The second kappa shape index (κ2) is 5.49. The second-order valence-electron chi connectivity index (χ2n) is 5.34. The summed E-state index contributed by atoms with van der Waals surface area (Å²) in [6.07, 6.45) is 1.66. The van der Waals surface area contributed by atoms with E-state index >= 15 is 0 Å². The SMILES string of the molecule is CCc1ccccc1-c1ccc(C2CNC(=O)C2)cc1. The summed E-state index contributed by atoms with van der Waals surface area (Å²) >= 11 is 0. The van der Waals surface area contributed by atoms with Crippen molar-refractivity contribution in [3.63, 3.8) is 0 Å². The Kier molecular flexibility index (Phi) is 3.55. The minimum Gasteiger partial charge on any atom is -0.355 e. The molecule has 2 aromatic rings. The van der Waals surface area contributed by atoms with Gasteiger partial charge in [0.1, 0.15) is 0 Å². The average molecular weight is 265 g/mol. The predicted octanol–water partition coefficient (Wildman–Crippen LogP) is 3.52. The lowest BCUT2D eigenvalue weighted by atomic mass is 9.93. The molecule has 2 heteroatoms. The number of hydrogen-bond acceptors (Lipinski definition) is 1. The Morgan fingerprint density at radius 3 is 2.50 bits per heavy atom. The molecule has 2 nitrogen and oxygen atoms in total. The monoisotopic (exact) mass is 265 g/mol. The van der Waals surface area contributed by atoms with Crippen LogP contribution in [-0.2, 0) is 11.2 Å². The van der Waals surface area contributed by atoms with Gasteiger partial charge in [-0.15, -0.1) is 0 Å². The smallest absolute Gasteiger partial charge is 0.220 e. The van der Waals surface area contributed by atoms with Gasteiger partial charge in [0.25, 0.3) is 0 Å². The van der Waals surface area contributed by atoms with Gasteiger partial charge in [-0.25, -0.2) is 0 Å². The van der Waals surface area contributed by atoms with Crippen molar-refractivity contribution in [2.24, 2.45) is 0 Å². The van der Waals surface area contributed by atoms with Crippen LogP contribution in [0.15, 0.2) is 48.5 Å².